The molecule has 2 N–H and O–H groups in total. The average molecular weight is 254 g/mol. The van der Waals surface area contributed by atoms with Crippen LogP contribution in [-0.4, -0.2) is 39.4 Å². The lowest BCUT2D eigenvalue weighted by Crippen LogP contribution is -2.15. The number of hydrogen-bond donors (Lipinski definition) is 2. The van der Waals surface area contributed by atoms with E-state index in [1.54, 1.807) is 6.92 Å². The van der Waals surface area contributed by atoms with Crippen molar-refractivity contribution in [2.75, 3.05) is 13.2 Å². The highest BCUT2D eigenvalue weighted by atomic mass is 16.5. The molecular formula is C12H18N2O4. The van der Waals surface area contributed by atoms with Gasteiger partial charge in [-0.1, -0.05) is 13.8 Å². The molecule has 0 aliphatic rings. The van der Waals surface area contributed by atoms with Gasteiger partial charge in [-0.15, -0.1) is 0 Å². The van der Waals surface area contributed by atoms with Gasteiger partial charge in [0.1, 0.15) is 5.82 Å². The Balaban J connectivity index is 3.11. The van der Waals surface area contributed by atoms with Crippen LogP contribution in [-0.2, 0) is 11.2 Å². The fraction of sp³-hybridized carbons (Fsp3) is 0.583. The zero-order valence-corrected chi connectivity index (χ0v) is 10.8. The zero-order valence-electron chi connectivity index (χ0n) is 10.8. The van der Waals surface area contributed by atoms with E-state index in [0.717, 1.165) is 0 Å². The summed E-state index contributed by atoms with van der Waals surface area (Å²) in [5.74, 6) is -0.0800. The molecule has 6 heteroatoms. The molecule has 1 aromatic heterocycles. The van der Waals surface area contributed by atoms with Crippen LogP contribution in [0.25, 0.3) is 0 Å². The van der Waals surface area contributed by atoms with Gasteiger partial charge in [0.15, 0.2) is 6.61 Å². The van der Waals surface area contributed by atoms with E-state index < -0.39 is 12.6 Å². The first kappa shape index (κ1) is 14.4. The average Bonchev–Trinajstić information content (AvgIpc) is 2.29. The van der Waals surface area contributed by atoms with Crippen molar-refractivity contribution in [3.05, 3.63) is 17.1 Å². The van der Waals surface area contributed by atoms with E-state index in [0.29, 0.717) is 23.5 Å². The molecule has 0 atom stereocenters. The number of carboxylic acids is 1. The molecule has 1 rings (SSSR count). The molecule has 0 saturated carbocycles. The van der Waals surface area contributed by atoms with E-state index >= 15 is 0 Å². The molecule has 1 heterocycles. The smallest absolute Gasteiger partial charge is 0.341 e. The molecule has 0 saturated heterocycles. The van der Waals surface area contributed by atoms with Crippen LogP contribution < -0.4 is 4.74 Å². The molecule has 1 aromatic rings. The molecule has 6 nitrogen and oxygen atoms in total. The number of ether oxygens (including phenoxy) is 1. The lowest BCUT2D eigenvalue weighted by molar-refractivity contribution is -0.139. The zero-order chi connectivity index (χ0) is 13.7. The molecule has 0 spiro atoms. The molecule has 0 bridgehead atoms. The molecule has 18 heavy (non-hydrogen) atoms. The minimum atomic E-state index is -1.06. The van der Waals surface area contributed by atoms with E-state index in [-0.39, 0.29) is 18.4 Å². The predicted molar refractivity (Wildman–Crippen MR) is 64.8 cm³/mol. The highest BCUT2D eigenvalue weighted by molar-refractivity contribution is 5.68. The number of aliphatic hydroxyl groups excluding tert-OH is 1. The van der Waals surface area contributed by atoms with Gasteiger partial charge in [0, 0.05) is 30.2 Å². The van der Waals surface area contributed by atoms with E-state index in [2.05, 4.69) is 9.97 Å². The number of hydrogen-bond acceptors (Lipinski definition) is 5. The van der Waals surface area contributed by atoms with Crippen LogP contribution in [0, 0.1) is 6.92 Å². The lowest BCUT2D eigenvalue weighted by atomic mass is 10.1. The van der Waals surface area contributed by atoms with Gasteiger partial charge in [0.2, 0.25) is 5.88 Å². The number of aliphatic hydroxyl groups is 1. The van der Waals surface area contributed by atoms with Crippen LogP contribution >= 0.6 is 0 Å². The van der Waals surface area contributed by atoms with Crippen molar-refractivity contribution in [2.24, 2.45) is 0 Å². The predicted octanol–water partition coefficient (Wildman–Crippen LogP) is 0.907. The SMILES string of the molecule is Cc1nc(C(C)C)nc(OCC(=O)O)c1CCO. The van der Waals surface area contributed by atoms with Crippen molar-refractivity contribution in [3.8, 4) is 5.88 Å². The summed E-state index contributed by atoms with van der Waals surface area (Å²) in [4.78, 5) is 19.1. The first-order valence-electron chi connectivity index (χ1n) is 5.78. The minimum absolute atomic E-state index is 0.0609. The Morgan fingerprint density at radius 1 is 1.39 bits per heavy atom. The highest BCUT2D eigenvalue weighted by Gasteiger charge is 2.15. The normalized spacial score (nSPS) is 10.7. The van der Waals surface area contributed by atoms with Gasteiger partial charge in [-0.05, 0) is 6.92 Å². The standard InChI is InChI=1S/C12H18N2O4/c1-7(2)11-13-8(3)9(4-5-15)12(14-11)18-6-10(16)17/h7,15H,4-6H2,1-3H3,(H,16,17). The maximum atomic E-state index is 10.5. The summed E-state index contributed by atoms with van der Waals surface area (Å²) in [6, 6.07) is 0. The molecule has 0 amide bonds. The van der Waals surface area contributed by atoms with Crippen molar-refractivity contribution in [3.63, 3.8) is 0 Å². The number of rotatable bonds is 6. The fourth-order valence-electron chi connectivity index (χ4n) is 1.50. The summed E-state index contributed by atoms with van der Waals surface area (Å²) in [5, 5.41) is 17.6. The van der Waals surface area contributed by atoms with E-state index in [9.17, 15) is 4.79 Å². The first-order chi connectivity index (χ1) is 8.45. The molecule has 0 aromatic carbocycles. The second-order valence-corrected chi connectivity index (χ2v) is 4.26. The van der Waals surface area contributed by atoms with Crippen molar-refractivity contribution >= 4 is 5.97 Å². The second-order valence-electron chi connectivity index (χ2n) is 4.26. The molecule has 0 unspecified atom stereocenters. The van der Waals surface area contributed by atoms with Gasteiger partial charge in [0.25, 0.3) is 0 Å². The summed E-state index contributed by atoms with van der Waals surface area (Å²) >= 11 is 0. The van der Waals surface area contributed by atoms with Crippen LogP contribution in [0.5, 0.6) is 5.88 Å². The number of aliphatic carboxylic acids is 1. The third kappa shape index (κ3) is 3.66. The van der Waals surface area contributed by atoms with Gasteiger partial charge in [0.05, 0.1) is 0 Å². The van der Waals surface area contributed by atoms with Crippen molar-refractivity contribution in [1.29, 1.82) is 0 Å². The number of aryl methyl sites for hydroxylation is 1. The fourth-order valence-corrected chi connectivity index (χ4v) is 1.50. The van der Waals surface area contributed by atoms with E-state index in [4.69, 9.17) is 14.9 Å². The van der Waals surface area contributed by atoms with Crippen molar-refractivity contribution in [2.45, 2.75) is 33.1 Å². The summed E-state index contributed by atoms with van der Waals surface area (Å²) in [6.07, 6.45) is 0.346. The van der Waals surface area contributed by atoms with Crippen LogP contribution in [0.4, 0.5) is 0 Å². The maximum absolute atomic E-state index is 10.5. The summed E-state index contributed by atoms with van der Waals surface area (Å²) in [7, 11) is 0. The lowest BCUT2D eigenvalue weighted by Gasteiger charge is -2.13. The summed E-state index contributed by atoms with van der Waals surface area (Å²) in [5.41, 5.74) is 1.37. The topological polar surface area (TPSA) is 92.5 Å². The quantitative estimate of drug-likeness (QED) is 0.783. The first-order valence-corrected chi connectivity index (χ1v) is 5.78. The number of carboxylic acid groups (broad SMARTS) is 1. The number of aromatic nitrogens is 2. The van der Waals surface area contributed by atoms with Crippen LogP contribution in [0.15, 0.2) is 0 Å². The summed E-state index contributed by atoms with van der Waals surface area (Å²) < 4.78 is 5.16. The van der Waals surface area contributed by atoms with Crippen molar-refractivity contribution < 1.29 is 19.7 Å². The Labute approximate surface area is 106 Å². The molecule has 0 aliphatic heterocycles. The minimum Gasteiger partial charge on any atom is -0.479 e. The van der Waals surface area contributed by atoms with Gasteiger partial charge >= 0.3 is 5.97 Å². The summed E-state index contributed by atoms with van der Waals surface area (Å²) in [6.45, 7) is 5.18. The molecule has 0 fully saturated rings. The van der Waals surface area contributed by atoms with Crippen LogP contribution in [0.3, 0.4) is 0 Å². The maximum Gasteiger partial charge on any atom is 0.341 e. The largest absolute Gasteiger partial charge is 0.479 e. The molecular weight excluding hydrogens is 236 g/mol. The van der Waals surface area contributed by atoms with Crippen LogP contribution in [0.1, 0.15) is 36.8 Å². The van der Waals surface area contributed by atoms with E-state index in [1.807, 2.05) is 13.8 Å². The Hall–Kier alpha value is -1.69. The Morgan fingerprint density at radius 3 is 2.56 bits per heavy atom. The molecule has 0 radical (unpaired) electrons. The van der Waals surface area contributed by atoms with Crippen molar-refractivity contribution in [1.82, 2.24) is 9.97 Å². The Kier molecular flexibility index (Phi) is 5.03. The monoisotopic (exact) mass is 254 g/mol. The van der Waals surface area contributed by atoms with Crippen LogP contribution in [0.2, 0.25) is 0 Å². The molecule has 0 aliphatic carbocycles. The highest BCUT2D eigenvalue weighted by Crippen LogP contribution is 2.22. The third-order valence-electron chi connectivity index (χ3n) is 2.40. The Morgan fingerprint density at radius 2 is 2.06 bits per heavy atom. The number of nitrogens with zero attached hydrogens (tertiary/aromatic N) is 2. The van der Waals surface area contributed by atoms with Gasteiger partial charge in [-0.2, -0.15) is 4.98 Å². The van der Waals surface area contributed by atoms with E-state index in [1.165, 1.54) is 0 Å². The van der Waals surface area contributed by atoms with Gasteiger partial charge < -0.3 is 14.9 Å². The second kappa shape index (κ2) is 6.30. The van der Waals surface area contributed by atoms with Gasteiger partial charge in [-0.25, -0.2) is 9.78 Å². The third-order valence-corrected chi connectivity index (χ3v) is 2.40. The van der Waals surface area contributed by atoms with Gasteiger partial charge in [-0.3, -0.25) is 0 Å². The number of carbonyl (C=O) groups is 1. The Bertz CT molecular complexity index is 432. The molecule has 100 valence electrons.